The van der Waals surface area contributed by atoms with Crippen LogP contribution >= 0.6 is 0 Å². The maximum atomic E-state index is 5.52. The second-order valence-corrected chi connectivity index (χ2v) is 6.04. The highest BCUT2D eigenvalue weighted by atomic mass is 16.5. The van der Waals surface area contributed by atoms with Gasteiger partial charge in [0.2, 0.25) is 0 Å². The van der Waals surface area contributed by atoms with Crippen molar-refractivity contribution < 1.29 is 4.74 Å². The first-order valence-electron chi connectivity index (χ1n) is 7.78. The fourth-order valence-electron chi connectivity index (χ4n) is 3.60. The molecule has 3 nitrogen and oxygen atoms in total. The molecule has 0 aromatic heterocycles. The minimum absolute atomic E-state index is 0.297. The summed E-state index contributed by atoms with van der Waals surface area (Å²) in [7, 11) is 0. The Hall–Kier alpha value is -0.120. The summed E-state index contributed by atoms with van der Waals surface area (Å²) >= 11 is 0. The molecule has 0 spiro atoms. The van der Waals surface area contributed by atoms with Crippen LogP contribution in [-0.4, -0.2) is 49.3 Å². The van der Waals surface area contributed by atoms with Gasteiger partial charge in [0.15, 0.2) is 0 Å². The number of hydrogen-bond donors (Lipinski definition) is 1. The highest BCUT2D eigenvalue weighted by Gasteiger charge is 2.43. The normalized spacial score (nSPS) is 27.5. The molecule has 0 aromatic rings. The Kier molecular flexibility index (Phi) is 5.05. The van der Waals surface area contributed by atoms with Crippen molar-refractivity contribution in [2.24, 2.45) is 5.92 Å². The Labute approximate surface area is 112 Å². The Morgan fingerprint density at radius 3 is 2.39 bits per heavy atom. The van der Waals surface area contributed by atoms with Gasteiger partial charge in [-0.15, -0.1) is 0 Å². The maximum absolute atomic E-state index is 5.52. The van der Waals surface area contributed by atoms with E-state index in [2.05, 4.69) is 31.0 Å². The second kappa shape index (κ2) is 6.36. The monoisotopic (exact) mass is 254 g/mol. The van der Waals surface area contributed by atoms with Gasteiger partial charge in [-0.05, 0) is 38.6 Å². The number of nitrogens with zero attached hydrogens (tertiary/aromatic N) is 1. The molecule has 2 unspecified atom stereocenters. The minimum atomic E-state index is 0.297. The van der Waals surface area contributed by atoms with E-state index in [0.717, 1.165) is 38.8 Å². The van der Waals surface area contributed by atoms with E-state index in [1.165, 1.54) is 25.7 Å². The molecule has 1 aliphatic carbocycles. The van der Waals surface area contributed by atoms with Gasteiger partial charge in [0.05, 0.1) is 13.2 Å². The largest absolute Gasteiger partial charge is 0.379 e. The molecule has 2 rings (SSSR count). The van der Waals surface area contributed by atoms with Gasteiger partial charge in [-0.2, -0.15) is 0 Å². The molecule has 2 fully saturated rings. The number of hydrogen-bond acceptors (Lipinski definition) is 3. The summed E-state index contributed by atoms with van der Waals surface area (Å²) in [4.78, 5) is 2.67. The van der Waals surface area contributed by atoms with E-state index in [-0.39, 0.29) is 0 Å². The quantitative estimate of drug-likeness (QED) is 0.787. The molecule has 106 valence electrons. The van der Waals surface area contributed by atoms with Crippen LogP contribution in [0.1, 0.15) is 46.5 Å². The fourth-order valence-corrected chi connectivity index (χ4v) is 3.60. The van der Waals surface area contributed by atoms with E-state index in [4.69, 9.17) is 4.74 Å². The number of likely N-dealkylation sites (N-methyl/N-ethyl adjacent to an activating group) is 1. The predicted molar refractivity (Wildman–Crippen MR) is 75.9 cm³/mol. The molecule has 1 N–H and O–H groups in total. The van der Waals surface area contributed by atoms with E-state index in [1.807, 2.05) is 0 Å². The maximum Gasteiger partial charge on any atom is 0.0594 e. The fraction of sp³-hybridized carbons (Fsp3) is 1.00. The molecule has 1 aliphatic heterocycles. The second-order valence-electron chi connectivity index (χ2n) is 6.04. The summed E-state index contributed by atoms with van der Waals surface area (Å²) < 4.78 is 5.52. The van der Waals surface area contributed by atoms with Crippen LogP contribution in [0.25, 0.3) is 0 Å². The van der Waals surface area contributed by atoms with Crippen molar-refractivity contribution in [3.63, 3.8) is 0 Å². The average molecular weight is 254 g/mol. The minimum Gasteiger partial charge on any atom is -0.379 e. The van der Waals surface area contributed by atoms with Crippen LogP contribution in [0.3, 0.4) is 0 Å². The lowest BCUT2D eigenvalue weighted by molar-refractivity contribution is -0.0473. The van der Waals surface area contributed by atoms with Gasteiger partial charge in [0, 0.05) is 24.7 Å². The first kappa shape index (κ1) is 14.3. The molecule has 1 heterocycles. The van der Waals surface area contributed by atoms with Crippen LogP contribution < -0.4 is 5.32 Å². The summed E-state index contributed by atoms with van der Waals surface area (Å²) in [6.07, 6.45) is 5.48. The molecule has 1 saturated carbocycles. The third kappa shape index (κ3) is 2.73. The van der Waals surface area contributed by atoms with Gasteiger partial charge in [0.25, 0.3) is 0 Å². The highest BCUT2D eigenvalue weighted by Crippen LogP contribution is 2.38. The smallest absolute Gasteiger partial charge is 0.0594 e. The number of rotatable bonds is 6. The summed E-state index contributed by atoms with van der Waals surface area (Å²) in [5.74, 6) is 0.887. The van der Waals surface area contributed by atoms with Gasteiger partial charge in [-0.1, -0.05) is 20.3 Å². The van der Waals surface area contributed by atoms with E-state index < -0.39 is 0 Å². The molecule has 18 heavy (non-hydrogen) atoms. The lowest BCUT2D eigenvalue weighted by Crippen LogP contribution is -2.64. The van der Waals surface area contributed by atoms with Crippen molar-refractivity contribution >= 4 is 0 Å². The standard InChI is InChI=1S/C15H30N2O/c1-4-15(3,17-9-11-18-12-10-17)14(16-5-2)13-7-6-8-13/h13-14,16H,4-12H2,1-3H3. The van der Waals surface area contributed by atoms with Crippen molar-refractivity contribution in [3.05, 3.63) is 0 Å². The summed E-state index contributed by atoms with van der Waals surface area (Å²) in [5.41, 5.74) is 0.297. The van der Waals surface area contributed by atoms with Crippen LogP contribution in [0.15, 0.2) is 0 Å². The first-order chi connectivity index (χ1) is 8.72. The summed E-state index contributed by atoms with van der Waals surface area (Å²) in [5, 5.41) is 3.79. The van der Waals surface area contributed by atoms with E-state index in [0.29, 0.717) is 11.6 Å². The SMILES string of the molecule is CCNC(C1CCC1)C(C)(CC)N1CCOCC1. The molecule has 2 atom stereocenters. The van der Waals surface area contributed by atoms with Gasteiger partial charge in [0.1, 0.15) is 0 Å². The van der Waals surface area contributed by atoms with Crippen molar-refractivity contribution in [1.82, 2.24) is 10.2 Å². The molecule has 2 aliphatic rings. The predicted octanol–water partition coefficient (Wildman–Crippen LogP) is 2.27. The van der Waals surface area contributed by atoms with Crippen LogP contribution in [0.5, 0.6) is 0 Å². The molecule has 0 radical (unpaired) electrons. The van der Waals surface area contributed by atoms with E-state index in [1.54, 1.807) is 0 Å². The van der Waals surface area contributed by atoms with Crippen LogP contribution in [0.2, 0.25) is 0 Å². The summed E-state index contributed by atoms with van der Waals surface area (Å²) in [6.45, 7) is 12.1. The Balaban J connectivity index is 2.10. The van der Waals surface area contributed by atoms with Crippen LogP contribution in [-0.2, 0) is 4.74 Å². The topological polar surface area (TPSA) is 24.5 Å². The Bertz CT molecular complexity index is 249. The van der Waals surface area contributed by atoms with Crippen molar-refractivity contribution in [2.75, 3.05) is 32.8 Å². The zero-order valence-electron chi connectivity index (χ0n) is 12.4. The van der Waals surface area contributed by atoms with E-state index >= 15 is 0 Å². The van der Waals surface area contributed by atoms with Gasteiger partial charge in [-0.3, -0.25) is 4.90 Å². The molecule has 0 amide bonds. The van der Waals surface area contributed by atoms with Gasteiger partial charge in [-0.25, -0.2) is 0 Å². The molecule has 0 bridgehead atoms. The number of nitrogens with one attached hydrogen (secondary N) is 1. The zero-order valence-corrected chi connectivity index (χ0v) is 12.4. The molecular weight excluding hydrogens is 224 g/mol. The van der Waals surface area contributed by atoms with Crippen molar-refractivity contribution in [1.29, 1.82) is 0 Å². The van der Waals surface area contributed by atoms with Crippen molar-refractivity contribution in [3.8, 4) is 0 Å². The molecule has 1 saturated heterocycles. The Morgan fingerprint density at radius 1 is 1.28 bits per heavy atom. The third-order valence-corrected chi connectivity index (χ3v) is 5.16. The van der Waals surface area contributed by atoms with Crippen molar-refractivity contribution in [2.45, 2.75) is 58.0 Å². The van der Waals surface area contributed by atoms with Gasteiger partial charge < -0.3 is 10.1 Å². The molecular formula is C15H30N2O. The first-order valence-corrected chi connectivity index (χ1v) is 7.78. The number of morpholine rings is 1. The highest BCUT2D eigenvalue weighted by molar-refractivity contribution is 5.01. The van der Waals surface area contributed by atoms with Crippen LogP contribution in [0.4, 0.5) is 0 Å². The molecule has 0 aromatic carbocycles. The van der Waals surface area contributed by atoms with Crippen LogP contribution in [0, 0.1) is 5.92 Å². The number of ether oxygens (including phenoxy) is 1. The van der Waals surface area contributed by atoms with Gasteiger partial charge >= 0.3 is 0 Å². The lowest BCUT2D eigenvalue weighted by Gasteiger charge is -2.52. The average Bonchev–Trinajstić information content (AvgIpc) is 2.36. The Morgan fingerprint density at radius 2 is 1.94 bits per heavy atom. The lowest BCUT2D eigenvalue weighted by atomic mass is 9.70. The molecule has 3 heteroatoms. The summed E-state index contributed by atoms with van der Waals surface area (Å²) in [6, 6.07) is 0.652. The van der Waals surface area contributed by atoms with E-state index in [9.17, 15) is 0 Å². The zero-order chi connectivity index (χ0) is 13.0. The third-order valence-electron chi connectivity index (χ3n) is 5.16.